The van der Waals surface area contributed by atoms with Gasteiger partial charge in [-0.05, 0) is 36.8 Å². The number of carboxylic acids is 1. The topological polar surface area (TPSA) is 106 Å². The van der Waals surface area contributed by atoms with Crippen LogP contribution in [0.25, 0.3) is 11.0 Å². The fourth-order valence-electron chi connectivity index (χ4n) is 2.53. The lowest BCUT2D eigenvalue weighted by Crippen LogP contribution is -2.23. The number of hydrogen-bond donors (Lipinski definition) is 2. The molecule has 0 spiro atoms. The van der Waals surface area contributed by atoms with E-state index in [1.807, 2.05) is 13.0 Å². The monoisotopic (exact) mass is 375 g/mol. The number of aliphatic carboxylic acids is 1. The summed E-state index contributed by atoms with van der Waals surface area (Å²) in [7, 11) is -3.65. The Labute approximate surface area is 150 Å². The molecule has 7 nitrogen and oxygen atoms in total. The van der Waals surface area contributed by atoms with Gasteiger partial charge in [0.15, 0.2) is 17.9 Å². The van der Waals surface area contributed by atoms with E-state index in [-0.39, 0.29) is 11.4 Å². The smallest absolute Gasteiger partial charge is 0.341 e. The van der Waals surface area contributed by atoms with E-state index >= 15 is 0 Å². The Balaban J connectivity index is 1.86. The molecule has 0 radical (unpaired) electrons. The number of nitrogens with one attached hydrogen (secondary N) is 1. The highest BCUT2D eigenvalue weighted by Crippen LogP contribution is 2.31. The Morgan fingerprint density at radius 1 is 1.23 bits per heavy atom. The third-order valence-electron chi connectivity index (χ3n) is 3.72. The summed E-state index contributed by atoms with van der Waals surface area (Å²) in [6.45, 7) is 1.37. The quantitative estimate of drug-likeness (QED) is 0.658. The van der Waals surface area contributed by atoms with Gasteiger partial charge in [0, 0.05) is 17.5 Å². The predicted octanol–water partition coefficient (Wildman–Crippen LogP) is 2.68. The number of carboxylic acid groups (broad SMARTS) is 1. The zero-order valence-corrected chi connectivity index (χ0v) is 14.7. The van der Waals surface area contributed by atoms with E-state index in [9.17, 15) is 13.2 Å². The first-order chi connectivity index (χ1) is 12.4. The molecule has 136 valence electrons. The van der Waals surface area contributed by atoms with Crippen LogP contribution in [0.15, 0.2) is 58.0 Å². The predicted molar refractivity (Wildman–Crippen MR) is 94.5 cm³/mol. The van der Waals surface area contributed by atoms with E-state index in [1.165, 1.54) is 18.4 Å². The molecule has 0 atom stereocenters. The molecule has 0 saturated carbocycles. The van der Waals surface area contributed by atoms with E-state index in [2.05, 4.69) is 4.72 Å². The summed E-state index contributed by atoms with van der Waals surface area (Å²) in [5.41, 5.74) is 1.85. The van der Waals surface area contributed by atoms with Crippen LogP contribution in [0.2, 0.25) is 0 Å². The van der Waals surface area contributed by atoms with Gasteiger partial charge in [-0.1, -0.05) is 18.2 Å². The number of hydrogen-bond acceptors (Lipinski definition) is 5. The number of rotatable bonds is 7. The average Bonchev–Trinajstić information content (AvgIpc) is 3.01. The number of fused-ring (bicyclic) bond motifs is 1. The summed E-state index contributed by atoms with van der Waals surface area (Å²) >= 11 is 0. The summed E-state index contributed by atoms with van der Waals surface area (Å²) in [5.74, 6) is -0.790. The standard InChI is InChI=1S/C18H17NO6S/c1-12-7-15-13(9-19-26(22,23)14-5-3-2-4-6-14)10-25-18(15)16(8-12)24-11-17(20)21/h2-8,10,19H,9,11H2,1H3,(H,20,21). The van der Waals surface area contributed by atoms with Gasteiger partial charge in [-0.3, -0.25) is 0 Å². The van der Waals surface area contributed by atoms with Crippen molar-refractivity contribution in [1.29, 1.82) is 0 Å². The molecule has 0 amide bonds. The van der Waals surface area contributed by atoms with Crippen LogP contribution in [0.4, 0.5) is 0 Å². The van der Waals surface area contributed by atoms with E-state index in [1.54, 1.807) is 24.3 Å². The molecule has 26 heavy (non-hydrogen) atoms. The second-order valence-corrected chi connectivity index (χ2v) is 7.49. The molecule has 2 N–H and O–H groups in total. The van der Waals surface area contributed by atoms with Crippen LogP contribution in [0, 0.1) is 6.92 Å². The highest BCUT2D eigenvalue weighted by Gasteiger charge is 2.17. The zero-order chi connectivity index (χ0) is 18.7. The number of ether oxygens (including phenoxy) is 1. The highest BCUT2D eigenvalue weighted by atomic mass is 32.2. The fraction of sp³-hybridized carbons (Fsp3) is 0.167. The Morgan fingerprint density at radius 2 is 1.96 bits per heavy atom. The Morgan fingerprint density at radius 3 is 2.65 bits per heavy atom. The Kier molecular flexibility index (Phi) is 4.97. The molecular formula is C18H17NO6S. The lowest BCUT2D eigenvalue weighted by atomic mass is 10.1. The van der Waals surface area contributed by atoms with Gasteiger partial charge in [0.1, 0.15) is 0 Å². The van der Waals surface area contributed by atoms with Crippen LogP contribution in [-0.4, -0.2) is 26.1 Å². The second-order valence-electron chi connectivity index (χ2n) is 5.72. The van der Waals surface area contributed by atoms with Crippen molar-refractivity contribution in [2.75, 3.05) is 6.61 Å². The summed E-state index contributed by atoms with van der Waals surface area (Å²) in [6, 6.07) is 11.6. The SMILES string of the molecule is Cc1cc(OCC(=O)O)c2occ(CNS(=O)(=O)c3ccccc3)c2c1. The summed E-state index contributed by atoms with van der Waals surface area (Å²) in [6.07, 6.45) is 1.44. The number of benzene rings is 2. The van der Waals surface area contributed by atoms with E-state index in [0.29, 0.717) is 22.3 Å². The molecule has 0 aliphatic carbocycles. The Hall–Kier alpha value is -2.84. The first-order valence-electron chi connectivity index (χ1n) is 7.77. The first-order valence-corrected chi connectivity index (χ1v) is 9.25. The molecule has 0 unspecified atom stereocenters. The van der Waals surface area contributed by atoms with Gasteiger partial charge in [0.2, 0.25) is 10.0 Å². The lowest BCUT2D eigenvalue weighted by molar-refractivity contribution is -0.139. The number of furan rings is 1. The minimum Gasteiger partial charge on any atom is -0.479 e. The van der Waals surface area contributed by atoms with Crippen LogP contribution in [-0.2, 0) is 21.4 Å². The van der Waals surface area contributed by atoms with Crippen molar-refractivity contribution in [2.45, 2.75) is 18.4 Å². The minimum atomic E-state index is -3.65. The molecule has 3 rings (SSSR count). The molecule has 0 bridgehead atoms. The molecular weight excluding hydrogens is 358 g/mol. The van der Waals surface area contributed by atoms with Gasteiger partial charge in [-0.15, -0.1) is 0 Å². The van der Waals surface area contributed by atoms with Crippen LogP contribution in [0.5, 0.6) is 5.75 Å². The van der Waals surface area contributed by atoms with Gasteiger partial charge in [-0.2, -0.15) is 0 Å². The van der Waals surface area contributed by atoms with E-state index < -0.39 is 22.6 Å². The van der Waals surface area contributed by atoms with E-state index in [4.69, 9.17) is 14.3 Å². The number of aryl methyl sites for hydroxylation is 1. The third kappa shape index (κ3) is 3.87. The van der Waals surface area contributed by atoms with Gasteiger partial charge in [-0.25, -0.2) is 17.9 Å². The van der Waals surface area contributed by atoms with Gasteiger partial charge < -0.3 is 14.3 Å². The number of carbonyl (C=O) groups is 1. The average molecular weight is 375 g/mol. The van der Waals surface area contributed by atoms with Crippen molar-refractivity contribution in [1.82, 2.24) is 4.72 Å². The maximum absolute atomic E-state index is 12.3. The van der Waals surface area contributed by atoms with Crippen LogP contribution < -0.4 is 9.46 Å². The zero-order valence-electron chi connectivity index (χ0n) is 13.9. The maximum Gasteiger partial charge on any atom is 0.341 e. The van der Waals surface area contributed by atoms with Crippen molar-refractivity contribution >= 4 is 27.0 Å². The molecule has 0 aliphatic rings. The van der Waals surface area contributed by atoms with Crippen LogP contribution >= 0.6 is 0 Å². The van der Waals surface area contributed by atoms with Crippen molar-refractivity contribution in [3.63, 3.8) is 0 Å². The van der Waals surface area contributed by atoms with Crippen molar-refractivity contribution in [3.8, 4) is 5.75 Å². The van der Waals surface area contributed by atoms with Gasteiger partial charge >= 0.3 is 5.97 Å². The Bertz CT molecular complexity index is 1040. The second kappa shape index (κ2) is 7.19. The summed E-state index contributed by atoms with van der Waals surface area (Å²) < 4.78 is 38.0. The van der Waals surface area contributed by atoms with Gasteiger partial charge in [0.05, 0.1) is 11.2 Å². The molecule has 2 aromatic carbocycles. The highest BCUT2D eigenvalue weighted by molar-refractivity contribution is 7.89. The maximum atomic E-state index is 12.3. The molecule has 8 heteroatoms. The molecule has 0 fully saturated rings. The largest absolute Gasteiger partial charge is 0.479 e. The van der Waals surface area contributed by atoms with Crippen LogP contribution in [0.1, 0.15) is 11.1 Å². The summed E-state index contributed by atoms with van der Waals surface area (Å²) in [5, 5.41) is 9.44. The number of sulfonamides is 1. The third-order valence-corrected chi connectivity index (χ3v) is 5.14. The minimum absolute atomic E-state index is 0.0338. The molecule has 3 aromatic rings. The molecule has 1 heterocycles. The van der Waals surface area contributed by atoms with Crippen molar-refractivity contribution < 1.29 is 27.5 Å². The van der Waals surface area contributed by atoms with E-state index in [0.717, 1.165) is 5.56 Å². The summed E-state index contributed by atoms with van der Waals surface area (Å²) in [4.78, 5) is 10.9. The molecule has 1 aromatic heterocycles. The fourth-order valence-corrected chi connectivity index (χ4v) is 3.56. The lowest BCUT2D eigenvalue weighted by Gasteiger charge is -2.07. The molecule has 0 aliphatic heterocycles. The first kappa shape index (κ1) is 18.0. The van der Waals surface area contributed by atoms with Crippen molar-refractivity contribution in [2.24, 2.45) is 0 Å². The normalized spacial score (nSPS) is 11.6. The van der Waals surface area contributed by atoms with Gasteiger partial charge in [0.25, 0.3) is 0 Å². The van der Waals surface area contributed by atoms with Crippen molar-refractivity contribution in [3.05, 3.63) is 59.9 Å². The van der Waals surface area contributed by atoms with Crippen LogP contribution in [0.3, 0.4) is 0 Å². The molecule has 0 saturated heterocycles.